The van der Waals surface area contributed by atoms with E-state index in [0.717, 1.165) is 0 Å². The smallest absolute Gasteiger partial charge is 0.326 e. The summed E-state index contributed by atoms with van der Waals surface area (Å²) in [6.07, 6.45) is 3.26. The molecule has 0 aromatic carbocycles. The van der Waals surface area contributed by atoms with E-state index in [2.05, 4.69) is 10.6 Å². The lowest BCUT2D eigenvalue weighted by molar-refractivity contribution is -0.143. The van der Waals surface area contributed by atoms with E-state index in [1.807, 2.05) is 6.26 Å². The molecule has 9 N–H and O–H groups in total. The summed E-state index contributed by atoms with van der Waals surface area (Å²) in [6.45, 7) is 0.426. The molecule has 0 aliphatic carbocycles. The number of rotatable bonds is 14. The first kappa shape index (κ1) is 24.1. The number of carbonyl (C=O) groups is 4. The van der Waals surface area contributed by atoms with Gasteiger partial charge in [0.15, 0.2) is 0 Å². The highest BCUT2D eigenvalue weighted by molar-refractivity contribution is 7.98. The van der Waals surface area contributed by atoms with Crippen molar-refractivity contribution in [3.05, 3.63) is 0 Å². The second-order valence-electron chi connectivity index (χ2n) is 5.80. The monoisotopic (exact) mass is 391 g/mol. The fraction of sp³-hybridized carbons (Fsp3) is 0.733. The fourth-order valence-electron chi connectivity index (χ4n) is 2.09. The first-order valence-corrected chi connectivity index (χ1v) is 9.68. The van der Waals surface area contributed by atoms with Crippen molar-refractivity contribution in [1.82, 2.24) is 10.6 Å². The molecule has 0 aliphatic heterocycles. The predicted molar refractivity (Wildman–Crippen MR) is 99.2 cm³/mol. The van der Waals surface area contributed by atoms with Crippen LogP contribution < -0.4 is 27.8 Å². The lowest BCUT2D eigenvalue weighted by Gasteiger charge is -2.22. The van der Waals surface area contributed by atoms with E-state index in [1.165, 1.54) is 0 Å². The molecule has 0 aliphatic rings. The zero-order valence-corrected chi connectivity index (χ0v) is 15.7. The number of thioether (sulfide) groups is 1. The highest BCUT2D eigenvalue weighted by atomic mass is 32.2. The number of hydrogen-bond donors (Lipinski definition) is 6. The minimum absolute atomic E-state index is 0.271. The van der Waals surface area contributed by atoms with Crippen LogP contribution in [0.2, 0.25) is 0 Å². The number of unbranched alkanes of at least 4 members (excludes halogenated alkanes) is 1. The van der Waals surface area contributed by atoms with Crippen molar-refractivity contribution in [1.29, 1.82) is 0 Å². The van der Waals surface area contributed by atoms with E-state index in [0.29, 0.717) is 31.6 Å². The first-order chi connectivity index (χ1) is 12.2. The summed E-state index contributed by atoms with van der Waals surface area (Å²) in [6, 6.07) is -3.20. The number of carbonyl (C=O) groups excluding carboxylic acids is 3. The Morgan fingerprint density at radius 3 is 2.15 bits per heavy atom. The van der Waals surface area contributed by atoms with Crippen LogP contribution in [-0.4, -0.2) is 65.5 Å². The molecule has 0 saturated carbocycles. The Bertz CT molecular complexity index is 491. The number of carboxylic acid groups (broad SMARTS) is 1. The van der Waals surface area contributed by atoms with E-state index < -0.39 is 48.2 Å². The molecule has 0 heterocycles. The summed E-state index contributed by atoms with van der Waals surface area (Å²) in [7, 11) is 0. The van der Waals surface area contributed by atoms with Crippen molar-refractivity contribution in [2.45, 2.75) is 50.2 Å². The average Bonchev–Trinajstić information content (AvgIpc) is 2.57. The third-order valence-electron chi connectivity index (χ3n) is 3.57. The first-order valence-electron chi connectivity index (χ1n) is 8.29. The van der Waals surface area contributed by atoms with E-state index in [-0.39, 0.29) is 6.42 Å². The van der Waals surface area contributed by atoms with Crippen molar-refractivity contribution in [2.75, 3.05) is 18.6 Å². The van der Waals surface area contributed by atoms with Gasteiger partial charge in [0.2, 0.25) is 17.7 Å². The number of carboxylic acids is 1. The second kappa shape index (κ2) is 13.4. The Labute approximate surface area is 157 Å². The highest BCUT2D eigenvalue weighted by Gasteiger charge is 2.28. The van der Waals surface area contributed by atoms with Gasteiger partial charge in [-0.1, -0.05) is 0 Å². The average molecular weight is 391 g/mol. The zero-order chi connectivity index (χ0) is 20.1. The highest BCUT2D eigenvalue weighted by Crippen LogP contribution is 2.05. The SMILES string of the molecule is CSCCC(N)C(=O)NC(CCCCN)C(=O)NC(CC(N)=O)C(=O)O. The van der Waals surface area contributed by atoms with Crippen LogP contribution in [0.1, 0.15) is 32.1 Å². The van der Waals surface area contributed by atoms with E-state index in [9.17, 15) is 19.2 Å². The van der Waals surface area contributed by atoms with Gasteiger partial charge in [-0.25, -0.2) is 4.79 Å². The van der Waals surface area contributed by atoms with Crippen LogP contribution in [0.5, 0.6) is 0 Å². The van der Waals surface area contributed by atoms with Crippen molar-refractivity contribution in [3.8, 4) is 0 Å². The predicted octanol–water partition coefficient (Wildman–Crippen LogP) is -1.87. The molecular weight excluding hydrogens is 362 g/mol. The Morgan fingerprint density at radius 1 is 1.04 bits per heavy atom. The maximum absolute atomic E-state index is 12.4. The van der Waals surface area contributed by atoms with Gasteiger partial charge in [-0.3, -0.25) is 14.4 Å². The molecule has 0 spiro atoms. The molecule has 3 amide bonds. The van der Waals surface area contributed by atoms with Crippen LogP contribution in [-0.2, 0) is 19.2 Å². The number of nitrogens with two attached hydrogens (primary N) is 3. The van der Waals surface area contributed by atoms with E-state index >= 15 is 0 Å². The van der Waals surface area contributed by atoms with Gasteiger partial charge >= 0.3 is 5.97 Å². The van der Waals surface area contributed by atoms with Gasteiger partial charge in [0, 0.05) is 0 Å². The Balaban J connectivity index is 4.96. The minimum Gasteiger partial charge on any atom is -0.480 e. The Morgan fingerprint density at radius 2 is 1.65 bits per heavy atom. The summed E-state index contributed by atoms with van der Waals surface area (Å²) in [5, 5.41) is 13.9. The summed E-state index contributed by atoms with van der Waals surface area (Å²) in [4.78, 5) is 46.6. The van der Waals surface area contributed by atoms with Gasteiger partial charge in [0.1, 0.15) is 12.1 Å². The van der Waals surface area contributed by atoms with Gasteiger partial charge in [-0.2, -0.15) is 11.8 Å². The summed E-state index contributed by atoms with van der Waals surface area (Å²) in [5.41, 5.74) is 16.2. The third-order valence-corrected chi connectivity index (χ3v) is 4.21. The number of nitrogens with one attached hydrogen (secondary N) is 2. The molecule has 0 aromatic heterocycles. The number of aliphatic carboxylic acids is 1. The Hall–Kier alpha value is -1.85. The maximum atomic E-state index is 12.4. The molecule has 10 nitrogen and oxygen atoms in total. The lowest BCUT2D eigenvalue weighted by atomic mass is 10.1. The standard InChI is InChI=1S/C15H29N5O5S/c1-26-7-5-9(17)13(22)19-10(4-2-3-6-16)14(23)20-11(15(24)25)8-12(18)21/h9-11H,2-8,16-17H2,1H3,(H2,18,21)(H,19,22)(H,20,23)(H,24,25). The lowest BCUT2D eigenvalue weighted by Crippen LogP contribution is -2.55. The van der Waals surface area contributed by atoms with Crippen molar-refractivity contribution < 1.29 is 24.3 Å². The zero-order valence-electron chi connectivity index (χ0n) is 14.9. The molecule has 0 radical (unpaired) electrons. The maximum Gasteiger partial charge on any atom is 0.326 e. The van der Waals surface area contributed by atoms with Crippen LogP contribution in [0.3, 0.4) is 0 Å². The molecule has 0 bridgehead atoms. The van der Waals surface area contributed by atoms with Crippen LogP contribution in [0.4, 0.5) is 0 Å². The molecule has 150 valence electrons. The number of hydrogen-bond acceptors (Lipinski definition) is 7. The fourth-order valence-corrected chi connectivity index (χ4v) is 2.58. The van der Waals surface area contributed by atoms with E-state index in [4.69, 9.17) is 22.3 Å². The minimum atomic E-state index is -1.46. The molecule has 0 rings (SSSR count). The van der Waals surface area contributed by atoms with Crippen LogP contribution >= 0.6 is 11.8 Å². The molecule has 3 atom stereocenters. The molecule has 3 unspecified atom stereocenters. The van der Waals surface area contributed by atoms with Gasteiger partial charge < -0.3 is 32.9 Å². The summed E-state index contributed by atoms with van der Waals surface area (Å²) in [5.74, 6) is -2.76. The molecule has 11 heteroatoms. The van der Waals surface area contributed by atoms with Crippen molar-refractivity contribution in [2.24, 2.45) is 17.2 Å². The third kappa shape index (κ3) is 10.2. The van der Waals surface area contributed by atoms with Gasteiger partial charge in [-0.05, 0) is 44.2 Å². The van der Waals surface area contributed by atoms with Gasteiger partial charge in [0.05, 0.1) is 12.5 Å². The van der Waals surface area contributed by atoms with Crippen LogP contribution in [0.15, 0.2) is 0 Å². The Kier molecular flexibility index (Phi) is 12.4. The van der Waals surface area contributed by atoms with Crippen LogP contribution in [0.25, 0.3) is 0 Å². The van der Waals surface area contributed by atoms with Crippen molar-refractivity contribution in [3.63, 3.8) is 0 Å². The second-order valence-corrected chi connectivity index (χ2v) is 6.79. The molecule has 0 aromatic rings. The van der Waals surface area contributed by atoms with Crippen LogP contribution in [0, 0.1) is 0 Å². The normalized spacial score (nSPS) is 14.1. The molecular formula is C15H29N5O5S. The molecule has 26 heavy (non-hydrogen) atoms. The molecule has 0 saturated heterocycles. The summed E-state index contributed by atoms with van der Waals surface area (Å²) >= 11 is 1.54. The van der Waals surface area contributed by atoms with Gasteiger partial charge in [-0.15, -0.1) is 0 Å². The number of amides is 3. The van der Waals surface area contributed by atoms with E-state index in [1.54, 1.807) is 11.8 Å². The summed E-state index contributed by atoms with van der Waals surface area (Å²) < 4.78 is 0. The molecule has 0 fully saturated rings. The van der Waals surface area contributed by atoms with Gasteiger partial charge in [0.25, 0.3) is 0 Å². The largest absolute Gasteiger partial charge is 0.480 e. The number of primary amides is 1. The topological polar surface area (TPSA) is 191 Å². The quantitative estimate of drug-likeness (QED) is 0.185. The van der Waals surface area contributed by atoms with Crippen molar-refractivity contribution >= 4 is 35.5 Å².